The summed E-state index contributed by atoms with van der Waals surface area (Å²) in [5.74, 6) is -0.587. The Labute approximate surface area is 163 Å². The van der Waals surface area contributed by atoms with E-state index < -0.39 is 0 Å². The highest BCUT2D eigenvalue weighted by Gasteiger charge is 2.34. The van der Waals surface area contributed by atoms with E-state index in [9.17, 15) is 19.5 Å². The van der Waals surface area contributed by atoms with E-state index in [1.54, 1.807) is 24.3 Å². The molecule has 28 heavy (non-hydrogen) atoms. The van der Waals surface area contributed by atoms with Crippen molar-refractivity contribution >= 4 is 17.8 Å². The normalized spacial score (nSPS) is 12.8. The van der Waals surface area contributed by atoms with Crippen LogP contribution in [0.15, 0.2) is 54.6 Å². The predicted molar refractivity (Wildman–Crippen MR) is 104 cm³/mol. The molecule has 1 heterocycles. The Morgan fingerprint density at radius 1 is 0.964 bits per heavy atom. The summed E-state index contributed by atoms with van der Waals surface area (Å²) < 4.78 is 0. The summed E-state index contributed by atoms with van der Waals surface area (Å²) in [5.41, 5.74) is 1.82. The summed E-state index contributed by atoms with van der Waals surface area (Å²) in [6.45, 7) is 1.05. The van der Waals surface area contributed by atoms with E-state index in [1.165, 1.54) is 9.80 Å². The zero-order chi connectivity index (χ0) is 19.9. The Balaban J connectivity index is 1.48. The van der Waals surface area contributed by atoms with Gasteiger partial charge in [0.2, 0.25) is 0 Å². The van der Waals surface area contributed by atoms with Crippen molar-refractivity contribution in [3.05, 3.63) is 71.3 Å². The third kappa shape index (κ3) is 4.37. The molecule has 3 rings (SSSR count). The van der Waals surface area contributed by atoms with Gasteiger partial charge in [-0.15, -0.1) is 0 Å². The topological polar surface area (TPSA) is 90.0 Å². The highest BCUT2D eigenvalue weighted by Crippen LogP contribution is 2.22. The lowest BCUT2D eigenvalue weighted by Crippen LogP contribution is -2.42. The average molecular weight is 381 g/mol. The Hall–Kier alpha value is -3.19. The Morgan fingerprint density at radius 2 is 1.57 bits per heavy atom. The maximum atomic E-state index is 12.4. The smallest absolute Gasteiger partial charge is 0.317 e. The summed E-state index contributed by atoms with van der Waals surface area (Å²) in [4.78, 5) is 39.8. The molecule has 1 aliphatic heterocycles. The van der Waals surface area contributed by atoms with Crippen LogP contribution in [0.4, 0.5) is 4.79 Å². The third-order valence-corrected chi connectivity index (χ3v) is 4.59. The van der Waals surface area contributed by atoms with Crippen LogP contribution in [0.3, 0.4) is 0 Å². The summed E-state index contributed by atoms with van der Waals surface area (Å²) >= 11 is 0. The van der Waals surface area contributed by atoms with E-state index in [1.807, 2.05) is 30.3 Å². The SMILES string of the molecule is O=C(NCCCN1C(=O)c2ccccc2C1=O)N(CCO)Cc1ccccc1. The number of hydrogen-bond donors (Lipinski definition) is 2. The molecule has 0 aliphatic carbocycles. The minimum atomic E-state index is -0.294. The maximum Gasteiger partial charge on any atom is 0.317 e. The first-order valence-corrected chi connectivity index (χ1v) is 9.24. The fourth-order valence-corrected chi connectivity index (χ4v) is 3.16. The monoisotopic (exact) mass is 381 g/mol. The number of nitrogens with zero attached hydrogens (tertiary/aromatic N) is 2. The molecule has 0 bridgehead atoms. The molecule has 0 saturated carbocycles. The lowest BCUT2D eigenvalue weighted by Gasteiger charge is -2.22. The van der Waals surface area contributed by atoms with Gasteiger partial charge in [0.25, 0.3) is 11.8 Å². The minimum absolute atomic E-state index is 0.130. The molecule has 0 atom stereocenters. The van der Waals surface area contributed by atoms with Crippen molar-refractivity contribution in [2.45, 2.75) is 13.0 Å². The lowest BCUT2D eigenvalue weighted by atomic mass is 10.1. The molecule has 1 aliphatic rings. The van der Waals surface area contributed by atoms with E-state index in [4.69, 9.17) is 0 Å². The van der Waals surface area contributed by atoms with E-state index in [0.29, 0.717) is 30.6 Å². The van der Waals surface area contributed by atoms with Crippen LogP contribution < -0.4 is 5.32 Å². The van der Waals surface area contributed by atoms with Crippen LogP contribution in [-0.4, -0.2) is 59.0 Å². The summed E-state index contributed by atoms with van der Waals surface area (Å²) in [5, 5.41) is 12.0. The lowest BCUT2D eigenvalue weighted by molar-refractivity contribution is 0.0653. The molecule has 0 radical (unpaired) electrons. The van der Waals surface area contributed by atoms with Gasteiger partial charge in [-0.2, -0.15) is 0 Å². The maximum absolute atomic E-state index is 12.4. The van der Waals surface area contributed by atoms with Crippen LogP contribution in [0.25, 0.3) is 0 Å². The number of carbonyl (C=O) groups is 3. The molecule has 7 nitrogen and oxygen atoms in total. The molecule has 4 amide bonds. The highest BCUT2D eigenvalue weighted by molar-refractivity contribution is 6.21. The summed E-state index contributed by atoms with van der Waals surface area (Å²) in [6.07, 6.45) is 0.454. The standard InChI is InChI=1S/C21H23N3O4/c25-14-13-23(15-16-7-2-1-3-8-16)21(28)22-11-6-12-24-19(26)17-9-4-5-10-18(17)20(24)27/h1-5,7-10,25H,6,11-15H2,(H,22,28). The van der Waals surface area contributed by atoms with Crippen molar-refractivity contribution < 1.29 is 19.5 Å². The highest BCUT2D eigenvalue weighted by atomic mass is 16.3. The van der Waals surface area contributed by atoms with Crippen molar-refractivity contribution in [1.82, 2.24) is 15.1 Å². The fraction of sp³-hybridized carbons (Fsp3) is 0.286. The van der Waals surface area contributed by atoms with Crippen LogP contribution >= 0.6 is 0 Å². The van der Waals surface area contributed by atoms with Gasteiger partial charge < -0.3 is 15.3 Å². The van der Waals surface area contributed by atoms with Gasteiger partial charge in [-0.1, -0.05) is 42.5 Å². The summed E-state index contributed by atoms with van der Waals surface area (Å²) in [7, 11) is 0. The van der Waals surface area contributed by atoms with E-state index >= 15 is 0 Å². The number of rotatable bonds is 8. The summed E-state index contributed by atoms with van der Waals surface area (Å²) in [6, 6.07) is 16.0. The third-order valence-electron chi connectivity index (χ3n) is 4.59. The minimum Gasteiger partial charge on any atom is -0.395 e. The largest absolute Gasteiger partial charge is 0.395 e. The van der Waals surface area contributed by atoms with Gasteiger partial charge in [0.1, 0.15) is 0 Å². The van der Waals surface area contributed by atoms with E-state index in [0.717, 1.165) is 5.56 Å². The number of urea groups is 1. The number of aliphatic hydroxyl groups excluding tert-OH is 1. The van der Waals surface area contributed by atoms with Crippen LogP contribution in [0.2, 0.25) is 0 Å². The van der Waals surface area contributed by atoms with E-state index in [-0.39, 0.29) is 37.5 Å². The molecule has 2 N–H and O–H groups in total. The number of benzene rings is 2. The molecule has 0 unspecified atom stereocenters. The van der Waals surface area contributed by atoms with Crippen LogP contribution in [0, 0.1) is 0 Å². The number of fused-ring (bicyclic) bond motifs is 1. The van der Waals surface area contributed by atoms with Crippen molar-refractivity contribution in [3.63, 3.8) is 0 Å². The average Bonchev–Trinajstić information content (AvgIpc) is 2.96. The molecule has 2 aromatic rings. The Morgan fingerprint density at radius 3 is 2.18 bits per heavy atom. The zero-order valence-corrected chi connectivity index (χ0v) is 15.5. The van der Waals surface area contributed by atoms with Gasteiger partial charge in [-0.3, -0.25) is 14.5 Å². The van der Waals surface area contributed by atoms with Crippen LogP contribution in [0.1, 0.15) is 32.7 Å². The second-order valence-electron chi connectivity index (χ2n) is 6.52. The quantitative estimate of drug-likeness (QED) is 0.540. The van der Waals surface area contributed by atoms with Gasteiger partial charge >= 0.3 is 6.03 Å². The molecule has 0 fully saturated rings. The molecule has 0 spiro atoms. The molecule has 0 saturated heterocycles. The fourth-order valence-electron chi connectivity index (χ4n) is 3.16. The number of carbonyl (C=O) groups excluding carboxylic acids is 3. The second kappa shape index (κ2) is 9.14. The number of amides is 4. The van der Waals surface area contributed by atoms with Gasteiger partial charge in [-0.25, -0.2) is 4.79 Å². The predicted octanol–water partition coefficient (Wildman–Crippen LogP) is 1.88. The molecule has 0 aromatic heterocycles. The molecular weight excluding hydrogens is 358 g/mol. The first-order valence-electron chi connectivity index (χ1n) is 9.24. The van der Waals surface area contributed by atoms with Crippen LogP contribution in [-0.2, 0) is 6.54 Å². The first-order chi connectivity index (χ1) is 13.6. The van der Waals surface area contributed by atoms with Crippen molar-refractivity contribution in [2.24, 2.45) is 0 Å². The van der Waals surface area contributed by atoms with Crippen molar-refractivity contribution in [3.8, 4) is 0 Å². The van der Waals surface area contributed by atoms with Gasteiger partial charge in [0, 0.05) is 26.2 Å². The molecule has 2 aromatic carbocycles. The molecule has 7 heteroatoms. The number of nitrogens with one attached hydrogen (secondary N) is 1. The molecule has 146 valence electrons. The number of imide groups is 1. The van der Waals surface area contributed by atoms with Gasteiger partial charge in [-0.05, 0) is 24.1 Å². The Bertz CT molecular complexity index is 819. The van der Waals surface area contributed by atoms with Gasteiger partial charge in [0.15, 0.2) is 0 Å². The Kier molecular flexibility index (Phi) is 6.39. The van der Waals surface area contributed by atoms with E-state index in [2.05, 4.69) is 5.32 Å². The molecular formula is C21H23N3O4. The zero-order valence-electron chi connectivity index (χ0n) is 15.5. The number of hydrogen-bond acceptors (Lipinski definition) is 4. The number of aliphatic hydroxyl groups is 1. The van der Waals surface area contributed by atoms with Crippen molar-refractivity contribution in [2.75, 3.05) is 26.2 Å². The van der Waals surface area contributed by atoms with Gasteiger partial charge in [0.05, 0.1) is 17.7 Å². The van der Waals surface area contributed by atoms with Crippen molar-refractivity contribution in [1.29, 1.82) is 0 Å². The second-order valence-corrected chi connectivity index (χ2v) is 6.52. The first kappa shape index (κ1) is 19.6. The van der Waals surface area contributed by atoms with Crippen LogP contribution in [0.5, 0.6) is 0 Å².